The zero-order valence-corrected chi connectivity index (χ0v) is 17.4. The van der Waals surface area contributed by atoms with Gasteiger partial charge < -0.3 is 5.32 Å². The summed E-state index contributed by atoms with van der Waals surface area (Å²) in [4.78, 5) is 25.1. The molecule has 0 unspecified atom stereocenters. The van der Waals surface area contributed by atoms with Gasteiger partial charge in [0.1, 0.15) is 0 Å². The first-order valence-corrected chi connectivity index (χ1v) is 10.8. The number of aromatic nitrogens is 2. The van der Waals surface area contributed by atoms with E-state index in [-0.39, 0.29) is 29.5 Å². The fourth-order valence-corrected chi connectivity index (χ4v) is 3.96. The Bertz CT molecular complexity index is 1260. The van der Waals surface area contributed by atoms with Crippen LogP contribution < -0.4 is 16.1 Å². The van der Waals surface area contributed by atoms with Crippen LogP contribution in [0.25, 0.3) is 11.0 Å². The predicted octanol–water partition coefficient (Wildman–Crippen LogP) is 2.12. The highest BCUT2D eigenvalue weighted by Gasteiger charge is 2.16. The normalized spacial score (nSPS) is 11.7. The second-order valence-corrected chi connectivity index (χ2v) is 8.48. The van der Waals surface area contributed by atoms with E-state index >= 15 is 0 Å². The highest BCUT2D eigenvalue weighted by Crippen LogP contribution is 2.24. The Hall–Kier alpha value is -2.91. The standard InChI is InChI=1S/C20H24N4O4S/c1-4-23-17-7-5-6-8-18(17)24(20(23)26)10-9-19(25)22-16-12-15(29(21,27)28)11-13(2)14(16)3/h5-8,11-12H,4,9-10H2,1-3H3,(H,22,25)(H2,21,27,28). The zero-order chi connectivity index (χ0) is 21.3. The monoisotopic (exact) mass is 416 g/mol. The van der Waals surface area contributed by atoms with Crippen molar-refractivity contribution in [3.05, 3.63) is 58.0 Å². The summed E-state index contributed by atoms with van der Waals surface area (Å²) in [6.45, 7) is 6.19. The van der Waals surface area contributed by atoms with E-state index < -0.39 is 10.0 Å². The molecule has 0 aliphatic rings. The molecule has 3 aromatic rings. The minimum Gasteiger partial charge on any atom is -0.326 e. The molecular formula is C20H24N4O4S. The number of nitrogens with zero attached hydrogens (tertiary/aromatic N) is 2. The number of nitrogens with one attached hydrogen (secondary N) is 1. The first-order chi connectivity index (χ1) is 13.6. The maximum atomic E-state index is 12.7. The smallest absolute Gasteiger partial charge is 0.326 e. The van der Waals surface area contributed by atoms with E-state index in [1.165, 1.54) is 12.1 Å². The SMILES string of the molecule is CCn1c(=O)n(CCC(=O)Nc2cc(S(N)(=O)=O)cc(C)c2C)c2ccccc21. The van der Waals surface area contributed by atoms with Crippen molar-refractivity contribution in [1.29, 1.82) is 0 Å². The molecule has 0 fully saturated rings. The molecule has 0 aliphatic heterocycles. The van der Waals surface area contributed by atoms with E-state index in [0.29, 0.717) is 17.8 Å². The Morgan fingerprint density at radius 1 is 1.10 bits per heavy atom. The number of para-hydroxylation sites is 2. The van der Waals surface area contributed by atoms with Crippen molar-refractivity contribution in [2.75, 3.05) is 5.32 Å². The number of imidazole rings is 1. The van der Waals surface area contributed by atoms with E-state index in [1.54, 1.807) is 23.0 Å². The maximum absolute atomic E-state index is 12.7. The third-order valence-electron chi connectivity index (χ3n) is 5.05. The lowest BCUT2D eigenvalue weighted by Crippen LogP contribution is -2.26. The van der Waals surface area contributed by atoms with Crippen molar-refractivity contribution in [1.82, 2.24) is 9.13 Å². The first kappa shape index (κ1) is 20.8. The van der Waals surface area contributed by atoms with Gasteiger partial charge in [0.25, 0.3) is 0 Å². The van der Waals surface area contributed by atoms with Gasteiger partial charge in [-0.15, -0.1) is 0 Å². The largest absolute Gasteiger partial charge is 0.329 e. The molecule has 1 aromatic heterocycles. The summed E-state index contributed by atoms with van der Waals surface area (Å²) in [5.41, 5.74) is 3.29. The van der Waals surface area contributed by atoms with E-state index in [1.807, 2.05) is 31.2 Å². The molecule has 0 saturated heterocycles. The molecule has 1 amide bonds. The topological polar surface area (TPSA) is 116 Å². The van der Waals surface area contributed by atoms with E-state index in [2.05, 4.69) is 5.32 Å². The van der Waals surface area contributed by atoms with Crippen LogP contribution in [0.3, 0.4) is 0 Å². The molecule has 154 valence electrons. The Kier molecular flexibility index (Phi) is 5.63. The fourth-order valence-electron chi connectivity index (χ4n) is 3.34. The van der Waals surface area contributed by atoms with Crippen molar-refractivity contribution >= 4 is 32.7 Å². The van der Waals surface area contributed by atoms with Crippen LogP contribution in [-0.4, -0.2) is 23.5 Å². The number of benzene rings is 2. The molecule has 1 heterocycles. The number of nitrogens with two attached hydrogens (primary N) is 1. The molecule has 3 N–H and O–H groups in total. The number of hydrogen-bond donors (Lipinski definition) is 2. The summed E-state index contributed by atoms with van der Waals surface area (Å²) >= 11 is 0. The van der Waals surface area contributed by atoms with Crippen LogP contribution >= 0.6 is 0 Å². The van der Waals surface area contributed by atoms with Gasteiger partial charge in [-0.3, -0.25) is 13.9 Å². The average Bonchev–Trinajstić information content (AvgIpc) is 2.93. The number of amides is 1. The molecule has 8 nitrogen and oxygen atoms in total. The van der Waals surface area contributed by atoms with Crippen molar-refractivity contribution in [3.63, 3.8) is 0 Å². The van der Waals surface area contributed by atoms with Gasteiger partial charge in [-0.25, -0.2) is 18.4 Å². The molecule has 29 heavy (non-hydrogen) atoms. The molecule has 0 bridgehead atoms. The van der Waals surface area contributed by atoms with Gasteiger partial charge in [0.05, 0.1) is 15.9 Å². The Balaban J connectivity index is 1.83. The van der Waals surface area contributed by atoms with Crippen LogP contribution in [-0.2, 0) is 27.9 Å². The number of rotatable bonds is 6. The van der Waals surface area contributed by atoms with Gasteiger partial charge in [0, 0.05) is 25.2 Å². The number of carbonyl (C=O) groups is 1. The van der Waals surface area contributed by atoms with Crippen molar-refractivity contribution in [2.45, 2.75) is 45.2 Å². The average molecular weight is 417 g/mol. The molecule has 0 atom stereocenters. The minimum absolute atomic E-state index is 0.0573. The number of fused-ring (bicyclic) bond motifs is 1. The number of primary sulfonamides is 1. The fraction of sp³-hybridized carbons (Fsp3) is 0.300. The van der Waals surface area contributed by atoms with Gasteiger partial charge in [-0.1, -0.05) is 12.1 Å². The zero-order valence-electron chi connectivity index (χ0n) is 16.6. The summed E-state index contributed by atoms with van der Waals surface area (Å²) < 4.78 is 26.6. The quantitative estimate of drug-likeness (QED) is 0.640. The van der Waals surface area contributed by atoms with Crippen LogP contribution in [0.4, 0.5) is 5.69 Å². The minimum atomic E-state index is -3.89. The molecule has 2 aromatic carbocycles. The van der Waals surface area contributed by atoms with E-state index in [0.717, 1.165) is 16.6 Å². The molecule has 0 saturated carbocycles. The number of carbonyl (C=O) groups excluding carboxylic acids is 1. The maximum Gasteiger partial charge on any atom is 0.329 e. The number of sulfonamides is 1. The lowest BCUT2D eigenvalue weighted by molar-refractivity contribution is -0.116. The third kappa shape index (κ3) is 4.10. The van der Waals surface area contributed by atoms with Crippen molar-refractivity contribution in [2.24, 2.45) is 5.14 Å². The number of hydrogen-bond acceptors (Lipinski definition) is 4. The summed E-state index contributed by atoms with van der Waals surface area (Å²) in [5, 5.41) is 7.96. The van der Waals surface area contributed by atoms with Gasteiger partial charge >= 0.3 is 5.69 Å². The van der Waals surface area contributed by atoms with E-state index in [9.17, 15) is 18.0 Å². The van der Waals surface area contributed by atoms with Gasteiger partial charge in [0.2, 0.25) is 15.9 Å². The highest BCUT2D eigenvalue weighted by molar-refractivity contribution is 7.89. The van der Waals surface area contributed by atoms with Crippen molar-refractivity contribution in [3.8, 4) is 0 Å². The molecular weight excluding hydrogens is 392 g/mol. The molecule has 0 radical (unpaired) electrons. The van der Waals surface area contributed by atoms with E-state index in [4.69, 9.17) is 5.14 Å². The lowest BCUT2D eigenvalue weighted by Gasteiger charge is -2.13. The Morgan fingerprint density at radius 2 is 1.72 bits per heavy atom. The predicted molar refractivity (Wildman–Crippen MR) is 112 cm³/mol. The number of aryl methyl sites for hydroxylation is 3. The highest BCUT2D eigenvalue weighted by atomic mass is 32.2. The van der Waals surface area contributed by atoms with Crippen LogP contribution in [0, 0.1) is 13.8 Å². The second kappa shape index (κ2) is 7.84. The van der Waals surface area contributed by atoms with Gasteiger partial charge in [-0.2, -0.15) is 0 Å². The Morgan fingerprint density at radius 3 is 2.31 bits per heavy atom. The summed E-state index contributed by atoms with van der Waals surface area (Å²) in [6.07, 6.45) is 0.0652. The summed E-state index contributed by atoms with van der Waals surface area (Å²) in [6, 6.07) is 10.3. The second-order valence-electron chi connectivity index (χ2n) is 6.92. The molecule has 0 aliphatic carbocycles. The summed E-state index contributed by atoms with van der Waals surface area (Å²) in [7, 11) is -3.89. The van der Waals surface area contributed by atoms with Crippen LogP contribution in [0.2, 0.25) is 0 Å². The third-order valence-corrected chi connectivity index (χ3v) is 5.94. The first-order valence-electron chi connectivity index (χ1n) is 9.25. The summed E-state index contributed by atoms with van der Waals surface area (Å²) in [5.74, 6) is -0.320. The molecule has 9 heteroatoms. The van der Waals surface area contributed by atoms with Crippen LogP contribution in [0.1, 0.15) is 24.5 Å². The van der Waals surface area contributed by atoms with Gasteiger partial charge in [-0.05, 0) is 56.2 Å². The van der Waals surface area contributed by atoms with Gasteiger partial charge in [0.15, 0.2) is 0 Å². The number of anilines is 1. The van der Waals surface area contributed by atoms with Crippen LogP contribution in [0.15, 0.2) is 46.1 Å². The van der Waals surface area contributed by atoms with Crippen LogP contribution in [0.5, 0.6) is 0 Å². The Labute approximate surface area is 169 Å². The lowest BCUT2D eigenvalue weighted by atomic mass is 10.1. The molecule has 0 spiro atoms. The van der Waals surface area contributed by atoms with Crippen molar-refractivity contribution < 1.29 is 13.2 Å². The molecule has 3 rings (SSSR count).